The molecule has 0 radical (unpaired) electrons. The fourth-order valence-electron chi connectivity index (χ4n) is 3.49. The molecule has 2 rings (SSSR count). The molecule has 0 aromatic carbocycles. The first-order chi connectivity index (χ1) is 16.8. The van der Waals surface area contributed by atoms with E-state index in [1.54, 1.807) is 12.3 Å². The fourth-order valence-corrected chi connectivity index (χ4v) is 7.11. The van der Waals surface area contributed by atoms with Gasteiger partial charge in [0.15, 0.2) is 31.2 Å². The van der Waals surface area contributed by atoms with Crippen LogP contribution in [0.15, 0.2) is 17.1 Å². The van der Waals surface area contributed by atoms with Crippen LogP contribution in [0.5, 0.6) is 0 Å². The predicted molar refractivity (Wildman–Crippen MR) is 164 cm³/mol. The molecule has 2 heterocycles. The molecule has 2 unspecified atom stereocenters. The molecule has 0 saturated carbocycles. The largest absolute Gasteiger partial charge is 0.414 e. The van der Waals surface area contributed by atoms with E-state index < -0.39 is 55.2 Å². The zero-order chi connectivity index (χ0) is 29.7. The summed E-state index contributed by atoms with van der Waals surface area (Å²) in [5, 5.41) is -0.00812. The van der Waals surface area contributed by atoms with E-state index in [1.807, 2.05) is 0 Å². The normalized spacial score (nSPS) is 24.2. The molecule has 2 N–H and O–H groups in total. The van der Waals surface area contributed by atoms with E-state index in [9.17, 15) is 4.79 Å². The molecule has 38 heavy (non-hydrogen) atoms. The van der Waals surface area contributed by atoms with E-state index in [0.29, 0.717) is 6.61 Å². The van der Waals surface area contributed by atoms with Crippen molar-refractivity contribution in [3.63, 3.8) is 0 Å². The number of ether oxygens (including phenoxy) is 1. The lowest BCUT2D eigenvalue weighted by molar-refractivity contribution is -0.0509. The summed E-state index contributed by atoms with van der Waals surface area (Å²) in [5.41, 5.74) is 5.36. The minimum atomic E-state index is -2.29. The summed E-state index contributed by atoms with van der Waals surface area (Å²) in [6, 6.07) is 1.62. The first-order valence-corrected chi connectivity index (χ1v) is 22.5. The number of anilines is 1. The maximum Gasteiger partial charge on any atom is 0.351 e. The highest BCUT2D eigenvalue weighted by molar-refractivity contribution is 6.75. The van der Waals surface area contributed by atoms with Gasteiger partial charge in [-0.25, -0.2) is 4.79 Å². The van der Waals surface area contributed by atoms with Gasteiger partial charge in [-0.05, 0) is 60.5 Å². The second kappa shape index (κ2) is 10.9. The van der Waals surface area contributed by atoms with E-state index in [4.69, 9.17) is 23.7 Å². The molecule has 220 valence electrons. The Morgan fingerprint density at radius 1 is 0.842 bits per heavy atom. The van der Waals surface area contributed by atoms with Crippen molar-refractivity contribution >= 4 is 30.8 Å². The number of nitrogens with zero attached hydrogens (tertiary/aromatic N) is 2. The van der Waals surface area contributed by atoms with Crippen LogP contribution in [0.25, 0.3) is 0 Å². The molecule has 0 aliphatic carbocycles. The number of rotatable bonds is 8. The van der Waals surface area contributed by atoms with Crippen LogP contribution in [0.3, 0.4) is 0 Å². The summed E-state index contributed by atoms with van der Waals surface area (Å²) >= 11 is 0. The molecule has 1 aromatic heterocycles. The first kappa shape index (κ1) is 33.4. The number of aromatic nitrogens is 2. The van der Waals surface area contributed by atoms with Crippen LogP contribution >= 0.6 is 0 Å². The zero-order valence-corrected chi connectivity index (χ0v) is 29.7. The van der Waals surface area contributed by atoms with Gasteiger partial charge in [-0.3, -0.25) is 4.57 Å². The third kappa shape index (κ3) is 7.27. The first-order valence-electron chi connectivity index (χ1n) is 13.8. The Bertz CT molecular complexity index is 1020. The van der Waals surface area contributed by atoms with Crippen molar-refractivity contribution in [3.8, 4) is 0 Å². The maximum absolute atomic E-state index is 13.0. The second-order valence-corrected chi connectivity index (χ2v) is 29.7. The van der Waals surface area contributed by atoms with Crippen molar-refractivity contribution in [2.45, 2.75) is 141 Å². The Morgan fingerprint density at radius 3 is 1.71 bits per heavy atom. The molecular weight excluding hydrogens is 531 g/mol. The molecular formula is C27H55N3O5Si3. The quantitative estimate of drug-likeness (QED) is 0.347. The summed E-state index contributed by atoms with van der Waals surface area (Å²) < 4.78 is 29.0. The van der Waals surface area contributed by atoms with Crippen molar-refractivity contribution in [2.75, 3.05) is 12.3 Å². The SMILES string of the molecule is CC(C)(C)[Si](C)(C)OC[C@H]1O[C@@H](n2ccc(N)nc2=O)C(O[Si](C)(C)C(C)(C)C)C1O[Si](C)(C)C(C)(C)C. The third-order valence-corrected chi connectivity index (χ3v) is 22.7. The zero-order valence-electron chi connectivity index (χ0n) is 26.7. The van der Waals surface area contributed by atoms with Gasteiger partial charge in [0.2, 0.25) is 0 Å². The Kier molecular flexibility index (Phi) is 9.54. The molecule has 0 bridgehead atoms. The van der Waals surface area contributed by atoms with Gasteiger partial charge >= 0.3 is 5.69 Å². The van der Waals surface area contributed by atoms with Crippen LogP contribution in [-0.4, -0.2) is 59.4 Å². The van der Waals surface area contributed by atoms with Crippen molar-refractivity contribution in [3.05, 3.63) is 22.7 Å². The molecule has 1 aliphatic heterocycles. The molecule has 1 aromatic rings. The Hall–Kier alpha value is -0.829. The highest BCUT2D eigenvalue weighted by atomic mass is 28.4. The molecule has 0 amide bonds. The molecule has 1 saturated heterocycles. The molecule has 0 spiro atoms. The van der Waals surface area contributed by atoms with Crippen molar-refractivity contribution in [1.29, 1.82) is 0 Å². The Balaban J connectivity index is 2.64. The number of hydrogen-bond donors (Lipinski definition) is 1. The summed E-state index contributed by atoms with van der Waals surface area (Å²) in [4.78, 5) is 17.0. The summed E-state index contributed by atoms with van der Waals surface area (Å²) in [7, 11) is -6.61. The molecule has 1 fully saturated rings. The smallest absolute Gasteiger partial charge is 0.351 e. The van der Waals surface area contributed by atoms with Gasteiger partial charge in [0.1, 0.15) is 24.1 Å². The monoisotopic (exact) mass is 585 g/mol. The topological polar surface area (TPSA) is 97.8 Å². The van der Waals surface area contributed by atoms with Crippen LogP contribution in [0.2, 0.25) is 54.4 Å². The van der Waals surface area contributed by atoms with E-state index in [1.165, 1.54) is 4.57 Å². The Morgan fingerprint density at radius 2 is 1.29 bits per heavy atom. The van der Waals surface area contributed by atoms with E-state index in [-0.39, 0.29) is 20.9 Å². The minimum Gasteiger partial charge on any atom is -0.414 e. The lowest BCUT2D eigenvalue weighted by Gasteiger charge is -2.44. The van der Waals surface area contributed by atoms with Gasteiger partial charge in [0, 0.05) is 6.20 Å². The van der Waals surface area contributed by atoms with Crippen LogP contribution in [0.4, 0.5) is 5.82 Å². The van der Waals surface area contributed by atoms with E-state index in [2.05, 4.69) is 107 Å². The molecule has 1 aliphatic rings. The van der Waals surface area contributed by atoms with Gasteiger partial charge in [0.25, 0.3) is 0 Å². The van der Waals surface area contributed by atoms with Gasteiger partial charge in [-0.1, -0.05) is 62.3 Å². The van der Waals surface area contributed by atoms with Crippen LogP contribution in [0.1, 0.15) is 68.5 Å². The summed E-state index contributed by atoms with van der Waals surface area (Å²) in [6.45, 7) is 33.8. The molecule has 11 heteroatoms. The fraction of sp³-hybridized carbons (Fsp3) is 0.852. The maximum atomic E-state index is 13.0. The van der Waals surface area contributed by atoms with Gasteiger partial charge < -0.3 is 23.7 Å². The lowest BCUT2D eigenvalue weighted by atomic mass is 10.1. The van der Waals surface area contributed by atoms with Crippen molar-refractivity contribution in [2.24, 2.45) is 0 Å². The van der Waals surface area contributed by atoms with Crippen LogP contribution < -0.4 is 11.4 Å². The van der Waals surface area contributed by atoms with Crippen molar-refractivity contribution in [1.82, 2.24) is 9.55 Å². The van der Waals surface area contributed by atoms with Crippen molar-refractivity contribution < 1.29 is 18.0 Å². The number of nitrogens with two attached hydrogens (primary N) is 1. The van der Waals surface area contributed by atoms with E-state index in [0.717, 1.165) is 0 Å². The summed E-state index contributed by atoms with van der Waals surface area (Å²) in [6.07, 6.45) is -0.349. The van der Waals surface area contributed by atoms with Crippen LogP contribution in [-0.2, 0) is 18.0 Å². The third-order valence-electron chi connectivity index (χ3n) is 9.30. The van der Waals surface area contributed by atoms with E-state index >= 15 is 0 Å². The minimum absolute atomic E-state index is 0.0168. The average Bonchev–Trinajstić information content (AvgIpc) is 3.00. The number of hydrogen-bond acceptors (Lipinski definition) is 7. The van der Waals surface area contributed by atoms with Gasteiger partial charge in [0.05, 0.1) is 6.61 Å². The predicted octanol–water partition coefficient (Wildman–Crippen LogP) is 6.53. The summed E-state index contributed by atoms with van der Waals surface area (Å²) in [5.74, 6) is 0.179. The van der Waals surface area contributed by atoms with Gasteiger partial charge in [-0.2, -0.15) is 4.98 Å². The molecule has 4 atom stereocenters. The lowest BCUT2D eigenvalue weighted by Crippen LogP contribution is -2.54. The second-order valence-electron chi connectivity index (χ2n) is 15.4. The average molecular weight is 586 g/mol. The highest BCUT2D eigenvalue weighted by Crippen LogP contribution is 2.46. The number of nitrogen functional groups attached to an aromatic ring is 1. The van der Waals surface area contributed by atoms with Crippen LogP contribution in [0, 0.1) is 0 Å². The Labute approximate surface area is 234 Å². The highest BCUT2D eigenvalue weighted by Gasteiger charge is 2.55. The molecule has 8 nitrogen and oxygen atoms in total. The van der Waals surface area contributed by atoms with Gasteiger partial charge in [-0.15, -0.1) is 0 Å². The standard InChI is InChI=1S/C27H55N3O5Si3/c1-25(2,3)36(10,11)32-18-19-21(34-37(12,13)26(4,5)6)22(35-38(14,15)27(7,8)9)23(33-19)30-17-16-20(28)29-24(30)31/h16-17,19,21-23H,18H2,1-15H3,(H2,28,29,31)/t19-,21?,22?,23-/m1/s1.